The third kappa shape index (κ3) is 4.53. The van der Waals surface area contributed by atoms with E-state index in [-0.39, 0.29) is 5.91 Å². The van der Waals surface area contributed by atoms with Gasteiger partial charge in [-0.2, -0.15) is 0 Å². The molecule has 7 heteroatoms. The van der Waals surface area contributed by atoms with Crippen LogP contribution < -0.4 is 4.90 Å². The molecule has 2 saturated heterocycles. The number of aromatic nitrogens is 1. The molecule has 0 radical (unpaired) electrons. The maximum atomic E-state index is 13.4. The summed E-state index contributed by atoms with van der Waals surface area (Å²) >= 11 is 0. The average Bonchev–Trinajstić information content (AvgIpc) is 3.13. The Labute approximate surface area is 190 Å². The molecule has 1 N–H and O–H groups in total. The maximum absolute atomic E-state index is 13.4. The van der Waals surface area contributed by atoms with Crippen molar-refractivity contribution in [3.05, 3.63) is 52.8 Å². The molecule has 0 saturated carbocycles. The first-order valence-corrected chi connectivity index (χ1v) is 11.7. The number of piperazine rings is 1. The number of H-pyrrole nitrogens is 1. The maximum Gasteiger partial charge on any atom is 0.355 e. The van der Waals surface area contributed by atoms with Gasteiger partial charge in [0.1, 0.15) is 5.69 Å². The number of para-hydroxylation sites is 1. The third-order valence-corrected chi connectivity index (χ3v) is 6.77. The number of nitrogens with zero attached hydrogens (tertiary/aromatic N) is 3. The number of benzene rings is 1. The number of esters is 1. The number of hydrogen-bond donors (Lipinski definition) is 1. The second-order valence-electron chi connectivity index (χ2n) is 8.75. The quantitative estimate of drug-likeness (QED) is 0.726. The summed E-state index contributed by atoms with van der Waals surface area (Å²) in [4.78, 5) is 35.7. The minimum absolute atomic E-state index is 0.0134. The summed E-state index contributed by atoms with van der Waals surface area (Å²) < 4.78 is 5.13. The van der Waals surface area contributed by atoms with E-state index in [0.29, 0.717) is 29.5 Å². The second-order valence-corrected chi connectivity index (χ2v) is 8.75. The van der Waals surface area contributed by atoms with Crippen molar-refractivity contribution in [1.29, 1.82) is 0 Å². The highest BCUT2D eigenvalue weighted by atomic mass is 16.5. The van der Waals surface area contributed by atoms with E-state index in [1.165, 1.54) is 5.69 Å². The first-order valence-electron chi connectivity index (χ1n) is 11.7. The number of piperidine rings is 1. The van der Waals surface area contributed by atoms with Crippen LogP contribution in [0, 0.1) is 13.8 Å². The fourth-order valence-electron chi connectivity index (χ4n) is 5.06. The lowest BCUT2D eigenvalue weighted by Crippen LogP contribution is -2.56. The van der Waals surface area contributed by atoms with Gasteiger partial charge in [0, 0.05) is 56.7 Å². The molecule has 1 atom stereocenters. The van der Waals surface area contributed by atoms with Crippen molar-refractivity contribution in [2.45, 2.75) is 39.7 Å². The van der Waals surface area contributed by atoms with E-state index in [9.17, 15) is 9.59 Å². The normalized spacial score (nSPS) is 19.8. The summed E-state index contributed by atoms with van der Waals surface area (Å²) in [5.41, 5.74) is 3.70. The van der Waals surface area contributed by atoms with Gasteiger partial charge < -0.3 is 19.5 Å². The Kier molecular flexibility index (Phi) is 6.84. The van der Waals surface area contributed by atoms with Gasteiger partial charge in [0.25, 0.3) is 5.91 Å². The topological polar surface area (TPSA) is 68.9 Å². The first kappa shape index (κ1) is 22.4. The Morgan fingerprint density at radius 1 is 1.06 bits per heavy atom. The molecule has 3 heterocycles. The van der Waals surface area contributed by atoms with E-state index in [2.05, 4.69) is 45.1 Å². The molecule has 7 nitrogen and oxygen atoms in total. The van der Waals surface area contributed by atoms with Crippen molar-refractivity contribution >= 4 is 17.6 Å². The largest absolute Gasteiger partial charge is 0.461 e. The first-order chi connectivity index (χ1) is 15.5. The number of aryl methyl sites for hydroxylation is 1. The lowest BCUT2D eigenvalue weighted by Gasteiger charge is -2.44. The van der Waals surface area contributed by atoms with Gasteiger partial charge in [-0.25, -0.2) is 4.79 Å². The smallest absolute Gasteiger partial charge is 0.355 e. The van der Waals surface area contributed by atoms with Crippen LogP contribution in [0.15, 0.2) is 30.3 Å². The number of aromatic amines is 1. The van der Waals surface area contributed by atoms with Crippen LogP contribution in [0.3, 0.4) is 0 Å². The average molecular weight is 439 g/mol. The van der Waals surface area contributed by atoms with Gasteiger partial charge in [-0.3, -0.25) is 9.69 Å². The zero-order valence-electron chi connectivity index (χ0n) is 19.4. The van der Waals surface area contributed by atoms with Crippen molar-refractivity contribution < 1.29 is 14.3 Å². The summed E-state index contributed by atoms with van der Waals surface area (Å²) in [5, 5.41) is 0. The van der Waals surface area contributed by atoms with Gasteiger partial charge in [-0.1, -0.05) is 18.2 Å². The summed E-state index contributed by atoms with van der Waals surface area (Å²) in [7, 11) is 0. The Bertz CT molecular complexity index is 948. The van der Waals surface area contributed by atoms with E-state index in [0.717, 1.165) is 57.8 Å². The molecule has 4 rings (SSSR count). The van der Waals surface area contributed by atoms with Crippen LogP contribution in [-0.4, -0.2) is 78.6 Å². The molecule has 172 valence electrons. The van der Waals surface area contributed by atoms with Crippen LogP contribution in [0.1, 0.15) is 51.9 Å². The molecule has 1 amide bonds. The molecule has 1 aromatic heterocycles. The summed E-state index contributed by atoms with van der Waals surface area (Å²) in [5.74, 6) is -0.389. The van der Waals surface area contributed by atoms with Crippen LogP contribution >= 0.6 is 0 Å². The monoisotopic (exact) mass is 438 g/mol. The Morgan fingerprint density at radius 3 is 2.47 bits per heavy atom. The number of anilines is 1. The number of hydrogen-bond acceptors (Lipinski definition) is 5. The van der Waals surface area contributed by atoms with Gasteiger partial charge in [-0.15, -0.1) is 0 Å². The highest BCUT2D eigenvalue weighted by molar-refractivity contribution is 6.01. The highest BCUT2D eigenvalue weighted by Crippen LogP contribution is 2.25. The van der Waals surface area contributed by atoms with Crippen LogP contribution in [0.2, 0.25) is 0 Å². The third-order valence-electron chi connectivity index (χ3n) is 6.77. The van der Waals surface area contributed by atoms with Gasteiger partial charge in [0.2, 0.25) is 0 Å². The number of ether oxygens (including phenoxy) is 1. The van der Waals surface area contributed by atoms with Crippen LogP contribution in [-0.2, 0) is 4.74 Å². The van der Waals surface area contributed by atoms with E-state index in [1.54, 1.807) is 6.92 Å². The molecular weight excluding hydrogens is 404 g/mol. The summed E-state index contributed by atoms with van der Waals surface area (Å²) in [6.07, 6.45) is 2.12. The molecule has 0 aliphatic carbocycles. The lowest BCUT2D eigenvalue weighted by molar-refractivity contribution is 0.0519. The second kappa shape index (κ2) is 9.77. The Balaban J connectivity index is 1.40. The molecule has 2 aliphatic rings. The lowest BCUT2D eigenvalue weighted by atomic mass is 10.0. The van der Waals surface area contributed by atoms with Crippen LogP contribution in [0.5, 0.6) is 0 Å². The minimum atomic E-state index is -0.403. The fourth-order valence-corrected chi connectivity index (χ4v) is 5.06. The number of rotatable bonds is 5. The molecule has 32 heavy (non-hydrogen) atoms. The van der Waals surface area contributed by atoms with E-state index in [4.69, 9.17) is 4.74 Å². The number of amides is 1. The molecule has 2 aliphatic heterocycles. The Morgan fingerprint density at radius 2 is 1.78 bits per heavy atom. The zero-order valence-corrected chi connectivity index (χ0v) is 19.4. The molecule has 0 spiro atoms. The number of nitrogens with one attached hydrogen (secondary N) is 1. The van der Waals surface area contributed by atoms with Crippen molar-refractivity contribution in [3.63, 3.8) is 0 Å². The van der Waals surface area contributed by atoms with E-state index >= 15 is 0 Å². The summed E-state index contributed by atoms with van der Waals surface area (Å²) in [6.45, 7) is 11.3. The molecule has 2 fully saturated rings. The molecule has 1 unspecified atom stereocenters. The molecular formula is C25H34N4O3. The van der Waals surface area contributed by atoms with Gasteiger partial charge in [-0.05, 0) is 51.3 Å². The summed E-state index contributed by atoms with van der Waals surface area (Å²) in [6, 6.07) is 11.0. The van der Waals surface area contributed by atoms with E-state index in [1.807, 2.05) is 18.7 Å². The van der Waals surface area contributed by atoms with Crippen molar-refractivity contribution in [3.8, 4) is 0 Å². The van der Waals surface area contributed by atoms with Gasteiger partial charge in [0.05, 0.1) is 12.2 Å². The minimum Gasteiger partial charge on any atom is -0.461 e. The SMILES string of the molecule is CCOC(=O)c1[nH]c(C)c(C(=O)N2CCCC(N3CCN(c4ccccc4)CC3)C2)c1C. The fraction of sp³-hybridized carbons (Fsp3) is 0.520. The molecule has 1 aromatic carbocycles. The predicted octanol–water partition coefficient (Wildman–Crippen LogP) is 3.24. The predicted molar refractivity (Wildman–Crippen MR) is 125 cm³/mol. The number of likely N-dealkylation sites (tertiary alicyclic amines) is 1. The number of carbonyl (C=O) groups excluding carboxylic acids is 2. The van der Waals surface area contributed by atoms with E-state index < -0.39 is 5.97 Å². The Hall–Kier alpha value is -2.80. The van der Waals surface area contributed by atoms with Crippen LogP contribution in [0.4, 0.5) is 5.69 Å². The van der Waals surface area contributed by atoms with Crippen molar-refractivity contribution in [1.82, 2.24) is 14.8 Å². The van der Waals surface area contributed by atoms with Gasteiger partial charge >= 0.3 is 5.97 Å². The molecule has 0 bridgehead atoms. The van der Waals surface area contributed by atoms with Crippen LogP contribution in [0.25, 0.3) is 0 Å². The van der Waals surface area contributed by atoms with Gasteiger partial charge in [0.15, 0.2) is 0 Å². The molecule has 2 aromatic rings. The zero-order chi connectivity index (χ0) is 22.7. The number of carbonyl (C=O) groups is 2. The van der Waals surface area contributed by atoms with Crippen molar-refractivity contribution in [2.75, 3.05) is 50.8 Å². The standard InChI is InChI=1S/C25H34N4O3/c1-4-32-25(31)23-18(2)22(19(3)26-23)24(30)29-12-8-11-21(17-29)28-15-13-27(14-16-28)20-9-6-5-7-10-20/h5-7,9-10,21,26H,4,8,11-17H2,1-3H3. The highest BCUT2D eigenvalue weighted by Gasteiger charge is 2.32. The van der Waals surface area contributed by atoms with Crippen molar-refractivity contribution in [2.24, 2.45) is 0 Å².